The van der Waals surface area contributed by atoms with E-state index in [1.54, 1.807) is 6.20 Å². The van der Waals surface area contributed by atoms with Gasteiger partial charge in [0.05, 0.1) is 0 Å². The number of aromatic nitrogens is 2. The van der Waals surface area contributed by atoms with Crippen molar-refractivity contribution in [2.75, 3.05) is 0 Å². The molecule has 1 aromatic heterocycles. The van der Waals surface area contributed by atoms with E-state index in [9.17, 15) is 0 Å². The zero-order chi connectivity index (χ0) is 8.69. The summed E-state index contributed by atoms with van der Waals surface area (Å²) in [4.78, 5) is 8.16. The van der Waals surface area contributed by atoms with E-state index in [2.05, 4.69) is 16.9 Å². The van der Waals surface area contributed by atoms with Gasteiger partial charge in [0.1, 0.15) is 5.82 Å². The van der Waals surface area contributed by atoms with E-state index < -0.39 is 0 Å². The molecule has 0 atom stereocenters. The van der Waals surface area contributed by atoms with E-state index in [-0.39, 0.29) is 0 Å². The molecular formula is C9H16N2. The molecule has 0 radical (unpaired) electrons. The molecule has 0 saturated heterocycles. The Bertz CT molecular complexity index is 197. The van der Waals surface area contributed by atoms with Crippen molar-refractivity contribution in [1.82, 2.24) is 9.97 Å². The van der Waals surface area contributed by atoms with Crippen molar-refractivity contribution in [1.29, 1.82) is 0 Å². The number of nitrogens with zero attached hydrogens (tertiary/aromatic N) is 2. The van der Waals surface area contributed by atoms with Crippen molar-refractivity contribution in [3.63, 3.8) is 0 Å². The summed E-state index contributed by atoms with van der Waals surface area (Å²) in [5, 5.41) is 0. The fourth-order valence-electron chi connectivity index (χ4n) is 0.702. The summed E-state index contributed by atoms with van der Waals surface area (Å²) in [6.45, 7) is 7.99. The molecule has 0 amide bonds. The number of hydrogen-bond donors (Lipinski definition) is 0. The molecule has 0 spiro atoms. The standard InChI is InChI=1S/C7H10N2.C2H6/c1-3-7-4-5-8-6(2)9-7;1-2/h4-5H,3H2,1-2H3;1-2H3. The molecule has 0 N–H and O–H groups in total. The Balaban J connectivity index is 0.000000461. The van der Waals surface area contributed by atoms with Crippen LogP contribution in [0, 0.1) is 6.92 Å². The fourth-order valence-corrected chi connectivity index (χ4v) is 0.702. The molecule has 0 saturated carbocycles. The van der Waals surface area contributed by atoms with Gasteiger partial charge in [-0.15, -0.1) is 0 Å². The van der Waals surface area contributed by atoms with Gasteiger partial charge >= 0.3 is 0 Å². The molecule has 62 valence electrons. The SMILES string of the molecule is CC.CCc1ccnc(C)n1. The van der Waals surface area contributed by atoms with Gasteiger partial charge in [0, 0.05) is 11.9 Å². The Labute approximate surface area is 68.7 Å². The van der Waals surface area contributed by atoms with Crippen molar-refractivity contribution >= 4 is 0 Å². The van der Waals surface area contributed by atoms with Crippen LogP contribution in [0.2, 0.25) is 0 Å². The van der Waals surface area contributed by atoms with Crippen molar-refractivity contribution in [3.05, 3.63) is 23.8 Å². The highest BCUT2D eigenvalue weighted by molar-refractivity contribution is 5.00. The largest absolute Gasteiger partial charge is 0.242 e. The maximum Gasteiger partial charge on any atom is 0.125 e. The van der Waals surface area contributed by atoms with Gasteiger partial charge in [0.2, 0.25) is 0 Å². The van der Waals surface area contributed by atoms with E-state index in [0.717, 1.165) is 17.9 Å². The lowest BCUT2D eigenvalue weighted by molar-refractivity contribution is 0.949. The van der Waals surface area contributed by atoms with Crippen LogP contribution in [0.3, 0.4) is 0 Å². The minimum absolute atomic E-state index is 0.856. The van der Waals surface area contributed by atoms with Gasteiger partial charge in [-0.05, 0) is 19.4 Å². The summed E-state index contributed by atoms with van der Waals surface area (Å²) in [7, 11) is 0. The molecule has 0 aliphatic rings. The third kappa shape index (κ3) is 3.71. The summed E-state index contributed by atoms with van der Waals surface area (Å²) in [6.07, 6.45) is 2.78. The minimum Gasteiger partial charge on any atom is -0.242 e. The van der Waals surface area contributed by atoms with Crippen LogP contribution in [-0.2, 0) is 6.42 Å². The summed E-state index contributed by atoms with van der Waals surface area (Å²) in [5.74, 6) is 0.856. The Morgan fingerprint density at radius 2 is 2.00 bits per heavy atom. The summed E-state index contributed by atoms with van der Waals surface area (Å²) >= 11 is 0. The molecule has 11 heavy (non-hydrogen) atoms. The maximum absolute atomic E-state index is 4.18. The topological polar surface area (TPSA) is 25.8 Å². The van der Waals surface area contributed by atoms with Crippen molar-refractivity contribution in [2.45, 2.75) is 34.1 Å². The monoisotopic (exact) mass is 152 g/mol. The lowest BCUT2D eigenvalue weighted by atomic mass is 10.3. The molecule has 2 nitrogen and oxygen atoms in total. The van der Waals surface area contributed by atoms with Gasteiger partial charge in [0.15, 0.2) is 0 Å². The third-order valence-electron chi connectivity index (χ3n) is 1.20. The van der Waals surface area contributed by atoms with Crippen LogP contribution in [0.1, 0.15) is 32.3 Å². The van der Waals surface area contributed by atoms with Crippen LogP contribution in [0.4, 0.5) is 0 Å². The van der Waals surface area contributed by atoms with Gasteiger partial charge in [0.25, 0.3) is 0 Å². The van der Waals surface area contributed by atoms with E-state index in [4.69, 9.17) is 0 Å². The first-order valence-corrected chi connectivity index (χ1v) is 4.11. The van der Waals surface area contributed by atoms with Crippen LogP contribution in [0.15, 0.2) is 12.3 Å². The van der Waals surface area contributed by atoms with Gasteiger partial charge < -0.3 is 0 Å². The molecule has 0 fully saturated rings. The third-order valence-corrected chi connectivity index (χ3v) is 1.20. The number of aryl methyl sites for hydroxylation is 2. The molecule has 0 aliphatic carbocycles. The lowest BCUT2D eigenvalue weighted by Gasteiger charge is -1.93. The highest BCUT2D eigenvalue weighted by Crippen LogP contribution is 1.93. The molecule has 0 aliphatic heterocycles. The average Bonchev–Trinajstić information content (AvgIpc) is 2.08. The molecule has 0 aromatic carbocycles. The Morgan fingerprint density at radius 3 is 2.36 bits per heavy atom. The van der Waals surface area contributed by atoms with Gasteiger partial charge in [-0.25, -0.2) is 9.97 Å². The molecule has 0 unspecified atom stereocenters. The summed E-state index contributed by atoms with van der Waals surface area (Å²) in [6, 6.07) is 1.94. The van der Waals surface area contributed by atoms with Crippen LogP contribution in [0.5, 0.6) is 0 Å². The van der Waals surface area contributed by atoms with Crippen molar-refractivity contribution < 1.29 is 0 Å². The predicted molar refractivity (Wildman–Crippen MR) is 47.5 cm³/mol. The van der Waals surface area contributed by atoms with Crippen molar-refractivity contribution in [2.24, 2.45) is 0 Å². The van der Waals surface area contributed by atoms with Gasteiger partial charge in [-0.2, -0.15) is 0 Å². The number of rotatable bonds is 1. The first-order chi connectivity index (χ1) is 5.33. The molecule has 1 heterocycles. The first kappa shape index (κ1) is 10.1. The van der Waals surface area contributed by atoms with Crippen LogP contribution >= 0.6 is 0 Å². The van der Waals surface area contributed by atoms with Crippen LogP contribution in [0.25, 0.3) is 0 Å². The zero-order valence-electron chi connectivity index (χ0n) is 7.76. The zero-order valence-corrected chi connectivity index (χ0v) is 7.76. The first-order valence-electron chi connectivity index (χ1n) is 4.11. The molecular weight excluding hydrogens is 136 g/mol. The van der Waals surface area contributed by atoms with E-state index in [1.165, 1.54) is 0 Å². The molecule has 1 rings (SSSR count). The highest BCUT2D eigenvalue weighted by atomic mass is 14.9. The summed E-state index contributed by atoms with van der Waals surface area (Å²) in [5.41, 5.74) is 1.11. The smallest absolute Gasteiger partial charge is 0.125 e. The average molecular weight is 152 g/mol. The van der Waals surface area contributed by atoms with Gasteiger partial charge in [-0.1, -0.05) is 20.8 Å². The predicted octanol–water partition coefficient (Wildman–Crippen LogP) is 2.37. The lowest BCUT2D eigenvalue weighted by Crippen LogP contribution is -1.91. The molecule has 1 aromatic rings. The van der Waals surface area contributed by atoms with Crippen LogP contribution in [-0.4, -0.2) is 9.97 Å². The Kier molecular flexibility index (Phi) is 5.35. The summed E-state index contributed by atoms with van der Waals surface area (Å²) < 4.78 is 0. The second-order valence-corrected chi connectivity index (χ2v) is 1.95. The molecule has 2 heteroatoms. The highest BCUT2D eigenvalue weighted by Gasteiger charge is 1.88. The van der Waals surface area contributed by atoms with Crippen molar-refractivity contribution in [3.8, 4) is 0 Å². The van der Waals surface area contributed by atoms with E-state index in [1.807, 2.05) is 26.8 Å². The second-order valence-electron chi connectivity index (χ2n) is 1.95. The Morgan fingerprint density at radius 1 is 1.36 bits per heavy atom. The van der Waals surface area contributed by atoms with E-state index in [0.29, 0.717) is 0 Å². The molecule has 0 bridgehead atoms. The quantitative estimate of drug-likeness (QED) is 0.617. The maximum atomic E-state index is 4.18. The normalized spacial score (nSPS) is 8.36. The second kappa shape index (κ2) is 5.83. The Hall–Kier alpha value is -0.920. The van der Waals surface area contributed by atoms with Gasteiger partial charge in [-0.3, -0.25) is 0 Å². The van der Waals surface area contributed by atoms with Crippen LogP contribution < -0.4 is 0 Å². The number of hydrogen-bond acceptors (Lipinski definition) is 2. The fraction of sp³-hybridized carbons (Fsp3) is 0.556. The minimum atomic E-state index is 0.856. The van der Waals surface area contributed by atoms with E-state index >= 15 is 0 Å².